The Morgan fingerprint density at radius 2 is 1.79 bits per heavy atom. The molecule has 0 bridgehead atoms. The summed E-state index contributed by atoms with van der Waals surface area (Å²) >= 11 is 5.86. The molecule has 0 aliphatic rings. The van der Waals surface area contributed by atoms with E-state index in [2.05, 4.69) is 6.07 Å². The van der Waals surface area contributed by atoms with E-state index in [0.717, 1.165) is 11.1 Å². The summed E-state index contributed by atoms with van der Waals surface area (Å²) in [4.78, 5) is 0. The molecule has 0 fully saturated rings. The fourth-order valence-electron chi connectivity index (χ4n) is 1.91. The second kappa shape index (κ2) is 6.22. The molecular weight excluding hydrogens is 278 g/mol. The molecule has 0 saturated carbocycles. The number of hydrogen-bond donors (Lipinski definition) is 1. The molecular formula is C15H16ClNOS. The largest absolute Gasteiger partial charge is 0.398 e. The third kappa shape index (κ3) is 4.08. The Hall–Kier alpha value is -1.32. The SMILES string of the molecule is Cc1cccc(CS(=O)Cc2ccc(Cl)c(N)c2)c1. The van der Waals surface area contributed by atoms with Gasteiger partial charge in [0, 0.05) is 22.3 Å². The third-order valence-electron chi connectivity index (χ3n) is 2.80. The summed E-state index contributed by atoms with van der Waals surface area (Å²) < 4.78 is 12.1. The van der Waals surface area contributed by atoms with Gasteiger partial charge in [-0.1, -0.05) is 47.5 Å². The van der Waals surface area contributed by atoms with Crippen molar-refractivity contribution in [3.8, 4) is 0 Å². The summed E-state index contributed by atoms with van der Waals surface area (Å²) in [6.45, 7) is 2.03. The van der Waals surface area contributed by atoms with Gasteiger partial charge in [0.25, 0.3) is 0 Å². The van der Waals surface area contributed by atoms with Crippen molar-refractivity contribution in [2.24, 2.45) is 0 Å². The molecule has 2 N–H and O–H groups in total. The number of nitrogen functional groups attached to an aromatic ring is 1. The predicted octanol–water partition coefficient (Wildman–Crippen LogP) is 3.68. The third-order valence-corrected chi connectivity index (χ3v) is 4.45. The highest BCUT2D eigenvalue weighted by Crippen LogP contribution is 2.20. The molecule has 1 atom stereocenters. The van der Waals surface area contributed by atoms with Crippen molar-refractivity contribution < 1.29 is 4.21 Å². The minimum atomic E-state index is -0.944. The molecule has 0 heterocycles. The van der Waals surface area contributed by atoms with Crippen molar-refractivity contribution >= 4 is 28.1 Å². The first-order valence-electron chi connectivity index (χ1n) is 5.99. The molecule has 0 aliphatic heterocycles. The van der Waals surface area contributed by atoms with Gasteiger partial charge in [-0.15, -0.1) is 0 Å². The number of nitrogens with two attached hydrogens (primary N) is 1. The maximum atomic E-state index is 12.1. The monoisotopic (exact) mass is 293 g/mol. The van der Waals surface area contributed by atoms with Crippen LogP contribution in [0.5, 0.6) is 0 Å². The van der Waals surface area contributed by atoms with Crippen molar-refractivity contribution in [2.45, 2.75) is 18.4 Å². The van der Waals surface area contributed by atoms with Crippen LogP contribution in [-0.2, 0) is 22.3 Å². The normalized spacial score (nSPS) is 12.3. The smallest absolute Gasteiger partial charge is 0.0635 e. The van der Waals surface area contributed by atoms with Crippen LogP contribution in [0.4, 0.5) is 5.69 Å². The molecule has 2 rings (SSSR count). The molecule has 100 valence electrons. The van der Waals surface area contributed by atoms with Gasteiger partial charge in [0.1, 0.15) is 0 Å². The minimum Gasteiger partial charge on any atom is -0.398 e. The second-order valence-electron chi connectivity index (χ2n) is 4.57. The summed E-state index contributed by atoms with van der Waals surface area (Å²) in [7, 11) is -0.944. The van der Waals surface area contributed by atoms with Crippen LogP contribution in [0.15, 0.2) is 42.5 Å². The lowest BCUT2D eigenvalue weighted by Crippen LogP contribution is -2.00. The Bertz CT molecular complexity index is 613. The zero-order valence-corrected chi connectivity index (χ0v) is 12.3. The van der Waals surface area contributed by atoms with Gasteiger partial charge in [0.05, 0.1) is 10.7 Å². The van der Waals surface area contributed by atoms with Crippen molar-refractivity contribution in [2.75, 3.05) is 5.73 Å². The zero-order chi connectivity index (χ0) is 13.8. The summed E-state index contributed by atoms with van der Waals surface area (Å²) in [6, 6.07) is 13.5. The summed E-state index contributed by atoms with van der Waals surface area (Å²) in [6.07, 6.45) is 0. The van der Waals surface area contributed by atoms with E-state index in [0.29, 0.717) is 22.2 Å². The van der Waals surface area contributed by atoms with Crippen LogP contribution in [0, 0.1) is 6.92 Å². The first-order valence-corrected chi connectivity index (χ1v) is 7.85. The van der Waals surface area contributed by atoms with E-state index >= 15 is 0 Å². The highest BCUT2D eigenvalue weighted by molar-refractivity contribution is 7.83. The maximum Gasteiger partial charge on any atom is 0.0635 e. The van der Waals surface area contributed by atoms with E-state index in [9.17, 15) is 4.21 Å². The molecule has 4 heteroatoms. The predicted molar refractivity (Wildman–Crippen MR) is 82.6 cm³/mol. The fourth-order valence-corrected chi connectivity index (χ4v) is 3.23. The average molecular weight is 294 g/mol. The zero-order valence-electron chi connectivity index (χ0n) is 10.7. The topological polar surface area (TPSA) is 43.1 Å². The lowest BCUT2D eigenvalue weighted by Gasteiger charge is -2.05. The number of hydrogen-bond acceptors (Lipinski definition) is 2. The number of benzene rings is 2. The van der Waals surface area contributed by atoms with E-state index in [1.54, 1.807) is 12.1 Å². The van der Waals surface area contributed by atoms with E-state index < -0.39 is 10.8 Å². The van der Waals surface area contributed by atoms with Gasteiger partial charge in [-0.25, -0.2) is 0 Å². The Morgan fingerprint density at radius 1 is 1.11 bits per heavy atom. The van der Waals surface area contributed by atoms with Crippen molar-refractivity contribution in [1.29, 1.82) is 0 Å². The van der Waals surface area contributed by atoms with Crippen LogP contribution in [0.1, 0.15) is 16.7 Å². The molecule has 0 saturated heterocycles. The quantitative estimate of drug-likeness (QED) is 0.874. The van der Waals surface area contributed by atoms with Crippen LogP contribution in [-0.4, -0.2) is 4.21 Å². The van der Waals surface area contributed by atoms with Crippen LogP contribution < -0.4 is 5.73 Å². The molecule has 1 unspecified atom stereocenters. The maximum absolute atomic E-state index is 12.1. The van der Waals surface area contributed by atoms with E-state index in [-0.39, 0.29) is 0 Å². The van der Waals surface area contributed by atoms with Gasteiger partial charge >= 0.3 is 0 Å². The first kappa shape index (κ1) is 14.1. The molecule has 0 aliphatic carbocycles. The lowest BCUT2D eigenvalue weighted by molar-refractivity contribution is 0.682. The van der Waals surface area contributed by atoms with Gasteiger partial charge in [0.15, 0.2) is 0 Å². The highest BCUT2D eigenvalue weighted by atomic mass is 35.5. The summed E-state index contributed by atoms with van der Waals surface area (Å²) in [5.41, 5.74) is 9.51. The van der Waals surface area contributed by atoms with Gasteiger partial charge in [-0.05, 0) is 30.2 Å². The fraction of sp³-hybridized carbons (Fsp3) is 0.200. The molecule has 0 radical (unpaired) electrons. The van der Waals surface area contributed by atoms with E-state index in [1.165, 1.54) is 5.56 Å². The first-order chi connectivity index (χ1) is 9.04. The average Bonchev–Trinajstić information content (AvgIpc) is 2.34. The molecule has 19 heavy (non-hydrogen) atoms. The van der Waals surface area contributed by atoms with Gasteiger partial charge in [-0.2, -0.15) is 0 Å². The Balaban J connectivity index is 2.03. The Kier molecular flexibility index (Phi) is 4.61. The van der Waals surface area contributed by atoms with Gasteiger partial charge in [-0.3, -0.25) is 4.21 Å². The summed E-state index contributed by atoms with van der Waals surface area (Å²) in [5, 5.41) is 0.535. The number of aryl methyl sites for hydroxylation is 1. The van der Waals surface area contributed by atoms with Crippen molar-refractivity contribution in [3.63, 3.8) is 0 Å². The van der Waals surface area contributed by atoms with Gasteiger partial charge in [0.2, 0.25) is 0 Å². The Labute approximate surface area is 121 Å². The molecule has 0 amide bonds. The van der Waals surface area contributed by atoms with Crippen LogP contribution in [0.25, 0.3) is 0 Å². The van der Waals surface area contributed by atoms with Gasteiger partial charge < -0.3 is 5.73 Å². The minimum absolute atomic E-state index is 0.495. The van der Waals surface area contributed by atoms with Crippen molar-refractivity contribution in [3.05, 3.63) is 64.2 Å². The molecule has 2 aromatic rings. The van der Waals surface area contributed by atoms with E-state index in [1.807, 2.05) is 31.2 Å². The van der Waals surface area contributed by atoms with Crippen molar-refractivity contribution in [1.82, 2.24) is 0 Å². The molecule has 2 nitrogen and oxygen atoms in total. The molecule has 0 aromatic heterocycles. The van der Waals surface area contributed by atoms with Crippen LogP contribution in [0.2, 0.25) is 5.02 Å². The number of anilines is 1. The number of rotatable bonds is 4. The molecule has 0 spiro atoms. The highest BCUT2D eigenvalue weighted by Gasteiger charge is 2.05. The van der Waals surface area contributed by atoms with Crippen LogP contribution in [0.3, 0.4) is 0 Å². The second-order valence-corrected chi connectivity index (χ2v) is 6.44. The number of halogens is 1. The summed E-state index contributed by atoms with van der Waals surface area (Å²) in [5.74, 6) is 1.06. The van der Waals surface area contributed by atoms with E-state index in [4.69, 9.17) is 17.3 Å². The molecule has 2 aromatic carbocycles. The standard InChI is InChI=1S/C15H16ClNOS/c1-11-3-2-4-12(7-11)9-19(18)10-13-5-6-14(16)15(17)8-13/h2-8H,9-10,17H2,1H3. The Morgan fingerprint density at radius 3 is 2.42 bits per heavy atom. The lowest BCUT2D eigenvalue weighted by atomic mass is 10.2. The van der Waals surface area contributed by atoms with Crippen LogP contribution >= 0.6 is 11.6 Å².